The summed E-state index contributed by atoms with van der Waals surface area (Å²) in [5.41, 5.74) is 0.599. The van der Waals surface area contributed by atoms with Gasteiger partial charge < -0.3 is 4.90 Å². The van der Waals surface area contributed by atoms with Gasteiger partial charge in [0, 0.05) is 19.6 Å². The Hall–Kier alpha value is -2.32. The van der Waals surface area contributed by atoms with E-state index in [1.165, 1.54) is 0 Å². The van der Waals surface area contributed by atoms with Gasteiger partial charge in [0.05, 0.1) is 11.1 Å². The van der Waals surface area contributed by atoms with Crippen LogP contribution in [0.25, 0.3) is 0 Å². The molecule has 1 aliphatic heterocycles. The van der Waals surface area contributed by atoms with Gasteiger partial charge in [-0.2, -0.15) is 18.1 Å². The van der Waals surface area contributed by atoms with Crippen LogP contribution in [0.5, 0.6) is 0 Å². The first-order chi connectivity index (χ1) is 13.6. The third-order valence-electron chi connectivity index (χ3n) is 4.50. The summed E-state index contributed by atoms with van der Waals surface area (Å²) in [6.45, 7) is -0.327. The van der Waals surface area contributed by atoms with Crippen molar-refractivity contribution in [1.82, 2.24) is 9.80 Å². The first-order valence-corrected chi connectivity index (χ1v) is 10.5. The second-order valence-electron chi connectivity index (χ2n) is 6.59. The van der Waals surface area contributed by atoms with Crippen molar-refractivity contribution in [2.45, 2.75) is 31.9 Å². The molecule has 1 aromatic carbocycles. The molecule has 158 valence electrons. The molecule has 1 aromatic rings. The molecule has 1 atom stereocenters. The highest BCUT2D eigenvalue weighted by Gasteiger charge is 2.42. The SMILES string of the molecule is O=C1c2ccccc2C(=O)N1CCCCN(CCCC[P+](=O)O)C(=O)C(F)(F)F. The number of carbonyl (C=O) groups is 3. The Morgan fingerprint density at radius 3 is 2.00 bits per heavy atom. The maximum Gasteiger partial charge on any atom is 0.505 e. The first-order valence-electron chi connectivity index (χ1n) is 9.07. The predicted molar refractivity (Wildman–Crippen MR) is 97.6 cm³/mol. The lowest BCUT2D eigenvalue weighted by Gasteiger charge is -2.24. The zero-order valence-corrected chi connectivity index (χ0v) is 16.4. The second-order valence-corrected chi connectivity index (χ2v) is 7.74. The number of hydrogen-bond acceptors (Lipinski definition) is 4. The maximum absolute atomic E-state index is 12.8. The lowest BCUT2D eigenvalue weighted by molar-refractivity contribution is -0.185. The molecule has 7 nitrogen and oxygen atoms in total. The summed E-state index contributed by atoms with van der Waals surface area (Å²) < 4.78 is 48.9. The zero-order valence-electron chi connectivity index (χ0n) is 15.5. The van der Waals surface area contributed by atoms with Crippen LogP contribution in [0, 0.1) is 0 Å². The smallest absolute Gasteiger partial charge is 0.335 e. The highest BCUT2D eigenvalue weighted by molar-refractivity contribution is 7.37. The highest BCUT2D eigenvalue weighted by atomic mass is 31.1. The van der Waals surface area contributed by atoms with Crippen LogP contribution < -0.4 is 0 Å². The minimum absolute atomic E-state index is 0.0386. The summed E-state index contributed by atoms with van der Waals surface area (Å²) in [6.07, 6.45) is -4.24. The van der Waals surface area contributed by atoms with Gasteiger partial charge in [0.2, 0.25) is 0 Å². The van der Waals surface area contributed by atoms with Crippen molar-refractivity contribution in [3.8, 4) is 0 Å². The molecule has 1 heterocycles. The van der Waals surface area contributed by atoms with Gasteiger partial charge in [0.25, 0.3) is 11.8 Å². The van der Waals surface area contributed by atoms with Crippen LogP contribution in [0.4, 0.5) is 13.2 Å². The fraction of sp³-hybridized carbons (Fsp3) is 0.500. The molecule has 0 aromatic heterocycles. The van der Waals surface area contributed by atoms with E-state index in [2.05, 4.69) is 0 Å². The van der Waals surface area contributed by atoms with Gasteiger partial charge in [-0.05, 0) is 42.4 Å². The van der Waals surface area contributed by atoms with Gasteiger partial charge >= 0.3 is 20.1 Å². The average Bonchev–Trinajstić information content (AvgIpc) is 2.90. The molecule has 0 aliphatic carbocycles. The molecule has 0 radical (unpaired) electrons. The number of benzene rings is 1. The monoisotopic (exact) mass is 433 g/mol. The number of rotatable bonds is 10. The summed E-state index contributed by atoms with van der Waals surface area (Å²) in [6, 6.07) is 6.36. The molecule has 2 rings (SSSR count). The van der Waals surface area contributed by atoms with E-state index in [1.54, 1.807) is 24.3 Å². The quantitative estimate of drug-likeness (QED) is 0.348. The summed E-state index contributed by atoms with van der Waals surface area (Å²) >= 11 is 0. The fourth-order valence-corrected chi connectivity index (χ4v) is 3.55. The van der Waals surface area contributed by atoms with E-state index in [-0.39, 0.29) is 51.5 Å². The van der Waals surface area contributed by atoms with E-state index in [4.69, 9.17) is 4.89 Å². The molecule has 0 saturated carbocycles. The Kier molecular flexibility index (Phi) is 7.87. The van der Waals surface area contributed by atoms with E-state index in [9.17, 15) is 32.1 Å². The van der Waals surface area contributed by atoms with Gasteiger partial charge in [0.15, 0.2) is 6.16 Å². The van der Waals surface area contributed by atoms with Crippen LogP contribution in [0.1, 0.15) is 46.4 Å². The first kappa shape index (κ1) is 23.0. The molecule has 0 fully saturated rings. The van der Waals surface area contributed by atoms with Crippen molar-refractivity contribution in [2.24, 2.45) is 0 Å². The maximum atomic E-state index is 12.8. The number of nitrogens with zero attached hydrogens (tertiary/aromatic N) is 2. The van der Waals surface area contributed by atoms with Gasteiger partial charge in [-0.15, -0.1) is 0 Å². The van der Waals surface area contributed by atoms with Crippen LogP contribution in [0.15, 0.2) is 24.3 Å². The number of carbonyl (C=O) groups excluding carboxylic acids is 3. The molecule has 0 saturated heterocycles. The number of imide groups is 1. The zero-order chi connectivity index (χ0) is 21.6. The third kappa shape index (κ3) is 6.08. The molecule has 0 spiro atoms. The van der Waals surface area contributed by atoms with Gasteiger partial charge in [-0.1, -0.05) is 12.1 Å². The van der Waals surface area contributed by atoms with E-state index in [1.807, 2.05) is 0 Å². The van der Waals surface area contributed by atoms with E-state index in [0.717, 1.165) is 4.90 Å². The molecule has 29 heavy (non-hydrogen) atoms. The Balaban J connectivity index is 1.86. The number of amides is 3. The molecule has 1 unspecified atom stereocenters. The largest absolute Gasteiger partial charge is 0.505 e. The van der Waals surface area contributed by atoms with Crippen LogP contribution in [-0.4, -0.2) is 64.4 Å². The topological polar surface area (TPSA) is 95.0 Å². The van der Waals surface area contributed by atoms with Crippen LogP contribution in [0.2, 0.25) is 0 Å². The van der Waals surface area contributed by atoms with Gasteiger partial charge in [-0.3, -0.25) is 19.3 Å². The van der Waals surface area contributed by atoms with Gasteiger partial charge in [-0.25, -0.2) is 0 Å². The third-order valence-corrected chi connectivity index (χ3v) is 5.19. The molecular formula is C18H21F3N2O5P+. The Morgan fingerprint density at radius 2 is 1.52 bits per heavy atom. The van der Waals surface area contributed by atoms with Crippen molar-refractivity contribution >= 4 is 25.7 Å². The number of fused-ring (bicyclic) bond motifs is 1. The molecule has 11 heteroatoms. The average molecular weight is 433 g/mol. The van der Waals surface area contributed by atoms with E-state index < -0.39 is 31.9 Å². The van der Waals surface area contributed by atoms with E-state index in [0.29, 0.717) is 16.0 Å². The van der Waals surface area contributed by atoms with E-state index >= 15 is 0 Å². The summed E-state index contributed by atoms with van der Waals surface area (Å²) in [5, 5.41) is 0. The Bertz CT molecular complexity index is 765. The van der Waals surface area contributed by atoms with Crippen molar-refractivity contribution in [3.63, 3.8) is 0 Å². The molecule has 3 amide bonds. The van der Waals surface area contributed by atoms with Crippen LogP contribution in [0.3, 0.4) is 0 Å². The Labute approximate surface area is 166 Å². The van der Waals surface area contributed by atoms with Gasteiger partial charge in [0.1, 0.15) is 0 Å². The van der Waals surface area contributed by atoms with Crippen LogP contribution in [-0.2, 0) is 9.36 Å². The molecule has 1 N–H and O–H groups in total. The molecule has 1 aliphatic rings. The lowest BCUT2D eigenvalue weighted by atomic mass is 10.1. The number of hydrogen-bond donors (Lipinski definition) is 1. The number of unbranched alkanes of at least 4 members (excludes halogenated alkanes) is 2. The summed E-state index contributed by atoms with van der Waals surface area (Å²) in [4.78, 5) is 46.5. The number of halogens is 3. The highest BCUT2D eigenvalue weighted by Crippen LogP contribution is 2.23. The molecular weight excluding hydrogens is 412 g/mol. The molecule has 0 bridgehead atoms. The standard InChI is InChI=1S/C18H20F3N2O5P/c19-18(20,21)17(26)22(10-5-6-12-29(27)28)9-3-4-11-23-15(24)13-7-1-2-8-14(13)16(23)25/h1-2,7-8H,3-6,9-12H2/p+1. The summed E-state index contributed by atoms with van der Waals surface area (Å²) in [7, 11) is -2.36. The van der Waals surface area contributed by atoms with Crippen molar-refractivity contribution in [1.29, 1.82) is 0 Å². The summed E-state index contributed by atoms with van der Waals surface area (Å²) in [5.74, 6) is -2.84. The minimum atomic E-state index is -5.01. The number of alkyl halides is 3. The van der Waals surface area contributed by atoms with Crippen molar-refractivity contribution in [2.75, 3.05) is 25.8 Å². The van der Waals surface area contributed by atoms with Crippen molar-refractivity contribution < 1.29 is 37.0 Å². The predicted octanol–water partition coefficient (Wildman–Crippen LogP) is 2.97. The minimum Gasteiger partial charge on any atom is -0.335 e. The fourth-order valence-electron chi connectivity index (χ4n) is 3.06. The van der Waals surface area contributed by atoms with Crippen LogP contribution >= 0.6 is 8.03 Å². The normalized spacial score (nSPS) is 14.2. The second kappa shape index (κ2) is 9.93. The van der Waals surface area contributed by atoms with Crippen molar-refractivity contribution in [3.05, 3.63) is 35.4 Å². The Morgan fingerprint density at radius 1 is 1.00 bits per heavy atom. The lowest BCUT2D eigenvalue weighted by Crippen LogP contribution is -2.42.